The fourth-order valence-electron chi connectivity index (χ4n) is 2.75. The molecule has 5 nitrogen and oxygen atoms in total. The SMILES string of the molecule is CC[C@H](C)NC(=O)COc1c(-c2ccccc2)oc2cc(C)ccc2c1=O. The van der Waals surface area contributed by atoms with Crippen molar-refractivity contribution in [1.82, 2.24) is 5.32 Å². The van der Waals surface area contributed by atoms with E-state index >= 15 is 0 Å². The number of amides is 1. The van der Waals surface area contributed by atoms with Crippen molar-refractivity contribution >= 4 is 16.9 Å². The fraction of sp³-hybridized carbons (Fsp3) is 0.273. The lowest BCUT2D eigenvalue weighted by Crippen LogP contribution is -2.36. The normalized spacial score (nSPS) is 12.0. The molecule has 0 radical (unpaired) electrons. The maximum Gasteiger partial charge on any atom is 0.258 e. The van der Waals surface area contributed by atoms with E-state index in [-0.39, 0.29) is 29.7 Å². The molecule has 27 heavy (non-hydrogen) atoms. The van der Waals surface area contributed by atoms with E-state index in [0.717, 1.165) is 17.5 Å². The van der Waals surface area contributed by atoms with E-state index in [2.05, 4.69) is 5.32 Å². The lowest BCUT2D eigenvalue weighted by molar-refractivity contribution is -0.123. The van der Waals surface area contributed by atoms with Crippen LogP contribution in [0.15, 0.2) is 57.7 Å². The third kappa shape index (κ3) is 4.19. The van der Waals surface area contributed by atoms with Crippen molar-refractivity contribution in [3.8, 4) is 17.1 Å². The van der Waals surface area contributed by atoms with Crippen LogP contribution in [0.1, 0.15) is 25.8 Å². The summed E-state index contributed by atoms with van der Waals surface area (Å²) in [5, 5.41) is 3.25. The van der Waals surface area contributed by atoms with Crippen LogP contribution in [0.3, 0.4) is 0 Å². The van der Waals surface area contributed by atoms with Crippen LogP contribution in [-0.2, 0) is 4.79 Å². The molecule has 0 bridgehead atoms. The topological polar surface area (TPSA) is 68.5 Å². The Labute approximate surface area is 158 Å². The number of aryl methyl sites for hydroxylation is 1. The predicted molar refractivity (Wildman–Crippen MR) is 106 cm³/mol. The number of fused-ring (bicyclic) bond motifs is 1. The first kappa shape index (κ1) is 18.7. The molecule has 0 saturated carbocycles. The number of ether oxygens (including phenoxy) is 1. The van der Waals surface area contributed by atoms with Gasteiger partial charge in [-0.15, -0.1) is 0 Å². The van der Waals surface area contributed by atoms with Gasteiger partial charge >= 0.3 is 0 Å². The summed E-state index contributed by atoms with van der Waals surface area (Å²) >= 11 is 0. The van der Waals surface area contributed by atoms with Crippen LogP contribution in [0, 0.1) is 6.92 Å². The molecule has 1 atom stereocenters. The molecule has 140 valence electrons. The van der Waals surface area contributed by atoms with Crippen molar-refractivity contribution in [2.24, 2.45) is 0 Å². The van der Waals surface area contributed by atoms with Crippen molar-refractivity contribution in [2.75, 3.05) is 6.61 Å². The van der Waals surface area contributed by atoms with Gasteiger partial charge in [0.2, 0.25) is 11.2 Å². The number of rotatable bonds is 6. The minimum Gasteiger partial charge on any atom is -0.476 e. The molecule has 0 aliphatic heterocycles. The van der Waals surface area contributed by atoms with Gasteiger partial charge in [0.1, 0.15) is 5.58 Å². The highest BCUT2D eigenvalue weighted by molar-refractivity contribution is 5.83. The molecule has 5 heteroatoms. The van der Waals surface area contributed by atoms with Gasteiger partial charge in [0.15, 0.2) is 12.4 Å². The number of hydrogen-bond acceptors (Lipinski definition) is 4. The van der Waals surface area contributed by atoms with E-state index in [1.165, 1.54) is 0 Å². The maximum atomic E-state index is 13.0. The van der Waals surface area contributed by atoms with E-state index in [4.69, 9.17) is 9.15 Å². The molecular weight excluding hydrogens is 342 g/mol. The molecule has 0 saturated heterocycles. The summed E-state index contributed by atoms with van der Waals surface area (Å²) in [5.41, 5.74) is 1.92. The largest absolute Gasteiger partial charge is 0.476 e. The minimum atomic E-state index is -0.286. The smallest absolute Gasteiger partial charge is 0.258 e. The van der Waals surface area contributed by atoms with Crippen LogP contribution in [0.4, 0.5) is 0 Å². The van der Waals surface area contributed by atoms with E-state index in [1.807, 2.05) is 63.2 Å². The lowest BCUT2D eigenvalue weighted by atomic mass is 10.1. The highest BCUT2D eigenvalue weighted by atomic mass is 16.5. The van der Waals surface area contributed by atoms with Crippen LogP contribution in [0.2, 0.25) is 0 Å². The second-order valence-corrected chi connectivity index (χ2v) is 6.62. The van der Waals surface area contributed by atoms with Crippen molar-refractivity contribution in [2.45, 2.75) is 33.2 Å². The summed E-state index contributed by atoms with van der Waals surface area (Å²) in [6.07, 6.45) is 0.818. The second kappa shape index (κ2) is 8.08. The average Bonchev–Trinajstić information content (AvgIpc) is 2.67. The summed E-state index contributed by atoms with van der Waals surface area (Å²) in [7, 11) is 0. The molecule has 1 amide bonds. The van der Waals surface area contributed by atoms with Gasteiger partial charge in [-0.25, -0.2) is 0 Å². The molecular formula is C22H23NO4. The van der Waals surface area contributed by atoms with Crippen molar-refractivity contribution in [3.05, 3.63) is 64.3 Å². The number of benzene rings is 2. The van der Waals surface area contributed by atoms with Crippen LogP contribution in [0.5, 0.6) is 5.75 Å². The summed E-state index contributed by atoms with van der Waals surface area (Å²) in [6, 6.07) is 14.7. The first-order chi connectivity index (χ1) is 13.0. The summed E-state index contributed by atoms with van der Waals surface area (Å²) in [4.78, 5) is 25.1. The summed E-state index contributed by atoms with van der Waals surface area (Å²) in [5.74, 6) is 0.110. The van der Waals surface area contributed by atoms with Crippen LogP contribution < -0.4 is 15.5 Å². The van der Waals surface area contributed by atoms with Gasteiger partial charge in [-0.05, 0) is 38.0 Å². The van der Waals surface area contributed by atoms with Gasteiger partial charge in [0, 0.05) is 11.6 Å². The standard InChI is InChI=1S/C22H23NO4/c1-4-15(3)23-19(24)13-26-22-20(25)17-11-10-14(2)12-18(17)27-21(22)16-8-6-5-7-9-16/h5-12,15H,4,13H2,1-3H3,(H,23,24)/t15-/m0/s1. The van der Waals surface area contributed by atoms with E-state index in [1.54, 1.807) is 6.07 Å². The minimum absolute atomic E-state index is 0.0469. The average molecular weight is 365 g/mol. The predicted octanol–water partition coefficient (Wildman–Crippen LogP) is 4.06. The molecule has 2 aromatic carbocycles. The van der Waals surface area contributed by atoms with Gasteiger partial charge in [-0.3, -0.25) is 9.59 Å². The zero-order valence-electron chi connectivity index (χ0n) is 15.7. The van der Waals surface area contributed by atoms with Crippen LogP contribution in [-0.4, -0.2) is 18.6 Å². The first-order valence-electron chi connectivity index (χ1n) is 9.04. The van der Waals surface area contributed by atoms with Crippen LogP contribution in [0.25, 0.3) is 22.3 Å². The maximum absolute atomic E-state index is 13.0. The third-order valence-electron chi connectivity index (χ3n) is 4.41. The van der Waals surface area contributed by atoms with Gasteiger partial charge in [0.25, 0.3) is 5.91 Å². The highest BCUT2D eigenvalue weighted by Gasteiger charge is 2.19. The monoisotopic (exact) mass is 365 g/mol. The summed E-state index contributed by atoms with van der Waals surface area (Å²) in [6.45, 7) is 5.59. The molecule has 0 spiro atoms. The Hall–Kier alpha value is -3.08. The number of carbonyl (C=O) groups is 1. The molecule has 0 aliphatic rings. The van der Waals surface area contributed by atoms with E-state index in [0.29, 0.717) is 16.7 Å². The van der Waals surface area contributed by atoms with Gasteiger partial charge in [-0.2, -0.15) is 0 Å². The zero-order chi connectivity index (χ0) is 19.4. The lowest BCUT2D eigenvalue weighted by Gasteiger charge is -2.14. The highest BCUT2D eigenvalue weighted by Crippen LogP contribution is 2.31. The van der Waals surface area contributed by atoms with Crippen molar-refractivity contribution < 1.29 is 13.9 Å². The molecule has 0 aliphatic carbocycles. The molecule has 3 aromatic rings. The Balaban J connectivity index is 2.04. The van der Waals surface area contributed by atoms with Crippen LogP contribution >= 0.6 is 0 Å². The quantitative estimate of drug-likeness (QED) is 0.715. The number of hydrogen-bond donors (Lipinski definition) is 1. The molecule has 3 rings (SSSR count). The van der Waals surface area contributed by atoms with Crippen molar-refractivity contribution in [3.63, 3.8) is 0 Å². The number of carbonyl (C=O) groups excluding carboxylic acids is 1. The zero-order valence-corrected chi connectivity index (χ0v) is 15.7. The second-order valence-electron chi connectivity index (χ2n) is 6.62. The van der Waals surface area contributed by atoms with E-state index in [9.17, 15) is 9.59 Å². The Bertz CT molecular complexity index is 1010. The fourth-order valence-corrected chi connectivity index (χ4v) is 2.75. The molecule has 0 fully saturated rings. The van der Waals surface area contributed by atoms with E-state index < -0.39 is 0 Å². The van der Waals surface area contributed by atoms with Crippen molar-refractivity contribution in [1.29, 1.82) is 0 Å². The number of nitrogens with one attached hydrogen (secondary N) is 1. The molecule has 1 heterocycles. The third-order valence-corrected chi connectivity index (χ3v) is 4.41. The van der Waals surface area contributed by atoms with Gasteiger partial charge in [0.05, 0.1) is 5.39 Å². The molecule has 0 unspecified atom stereocenters. The Morgan fingerprint density at radius 3 is 2.63 bits per heavy atom. The van der Waals surface area contributed by atoms with Gasteiger partial charge in [-0.1, -0.05) is 43.3 Å². The Morgan fingerprint density at radius 2 is 1.93 bits per heavy atom. The Morgan fingerprint density at radius 1 is 1.19 bits per heavy atom. The first-order valence-corrected chi connectivity index (χ1v) is 9.04. The molecule has 1 aromatic heterocycles. The summed E-state index contributed by atoms with van der Waals surface area (Å²) < 4.78 is 11.7. The van der Waals surface area contributed by atoms with Gasteiger partial charge < -0.3 is 14.5 Å². The Kier molecular flexibility index (Phi) is 5.60. The molecule has 1 N–H and O–H groups in total.